The van der Waals surface area contributed by atoms with E-state index < -0.39 is 6.10 Å². The highest BCUT2D eigenvalue weighted by Gasteiger charge is 2.19. The highest BCUT2D eigenvalue weighted by molar-refractivity contribution is 6.00. The molecule has 17 heavy (non-hydrogen) atoms. The third-order valence-corrected chi connectivity index (χ3v) is 2.62. The number of ketones is 1. The summed E-state index contributed by atoms with van der Waals surface area (Å²) in [6.07, 6.45) is 0.233. The van der Waals surface area contributed by atoms with Crippen LogP contribution >= 0.6 is 0 Å². The van der Waals surface area contributed by atoms with Crippen molar-refractivity contribution in [2.75, 3.05) is 21.3 Å². The van der Waals surface area contributed by atoms with Gasteiger partial charge in [-0.25, -0.2) is 0 Å². The van der Waals surface area contributed by atoms with Crippen LogP contribution in [0.15, 0.2) is 18.2 Å². The fourth-order valence-electron chi connectivity index (χ4n) is 1.63. The first-order valence-electron chi connectivity index (χ1n) is 5.46. The lowest BCUT2D eigenvalue weighted by Gasteiger charge is -2.13. The molecule has 0 N–H and O–H groups in total. The van der Waals surface area contributed by atoms with E-state index in [0.717, 1.165) is 0 Å². The Hall–Kier alpha value is -1.55. The van der Waals surface area contributed by atoms with E-state index in [2.05, 4.69) is 0 Å². The monoisotopic (exact) mass is 238 g/mol. The van der Waals surface area contributed by atoms with E-state index in [1.807, 2.05) is 6.92 Å². The molecule has 1 unspecified atom stereocenters. The van der Waals surface area contributed by atoms with Crippen LogP contribution in [-0.4, -0.2) is 33.2 Å². The van der Waals surface area contributed by atoms with E-state index in [4.69, 9.17) is 14.2 Å². The molecule has 0 radical (unpaired) electrons. The van der Waals surface area contributed by atoms with Gasteiger partial charge in [-0.05, 0) is 24.6 Å². The minimum absolute atomic E-state index is 0.0454. The standard InChI is InChI=1S/C13H18O4/c1-5-10(15-2)13(14)9-6-7-11(16-3)12(8-9)17-4/h6-8,10H,5H2,1-4H3. The molecule has 0 saturated heterocycles. The summed E-state index contributed by atoms with van der Waals surface area (Å²) in [7, 11) is 4.63. The Bertz CT molecular complexity index is 383. The number of benzene rings is 1. The van der Waals surface area contributed by atoms with Crippen molar-refractivity contribution < 1.29 is 19.0 Å². The summed E-state index contributed by atoms with van der Waals surface area (Å²) in [6.45, 7) is 1.91. The van der Waals surface area contributed by atoms with E-state index in [1.165, 1.54) is 7.11 Å². The first kappa shape index (κ1) is 13.5. The van der Waals surface area contributed by atoms with Crippen LogP contribution in [0.3, 0.4) is 0 Å². The average molecular weight is 238 g/mol. The van der Waals surface area contributed by atoms with Gasteiger partial charge in [-0.15, -0.1) is 0 Å². The zero-order chi connectivity index (χ0) is 12.8. The summed E-state index contributed by atoms with van der Waals surface area (Å²) in [5.74, 6) is 1.11. The van der Waals surface area contributed by atoms with E-state index >= 15 is 0 Å². The molecule has 4 nitrogen and oxygen atoms in total. The van der Waals surface area contributed by atoms with Crippen LogP contribution in [0, 0.1) is 0 Å². The third-order valence-electron chi connectivity index (χ3n) is 2.62. The molecule has 1 atom stereocenters. The van der Waals surface area contributed by atoms with Crippen molar-refractivity contribution in [3.05, 3.63) is 23.8 Å². The number of hydrogen-bond donors (Lipinski definition) is 0. The second-order valence-corrected chi connectivity index (χ2v) is 3.57. The largest absolute Gasteiger partial charge is 0.493 e. The van der Waals surface area contributed by atoms with Crippen molar-refractivity contribution in [3.8, 4) is 11.5 Å². The smallest absolute Gasteiger partial charge is 0.191 e. The van der Waals surface area contributed by atoms with E-state index in [1.54, 1.807) is 32.4 Å². The number of ether oxygens (including phenoxy) is 3. The summed E-state index contributed by atoms with van der Waals surface area (Å²) in [6, 6.07) is 5.10. The molecule has 0 heterocycles. The molecule has 0 amide bonds. The Labute approximate surface area is 101 Å². The van der Waals surface area contributed by atoms with Crippen molar-refractivity contribution in [1.29, 1.82) is 0 Å². The molecule has 1 rings (SSSR count). The Morgan fingerprint density at radius 2 is 1.82 bits per heavy atom. The van der Waals surface area contributed by atoms with Crippen LogP contribution in [-0.2, 0) is 4.74 Å². The fourth-order valence-corrected chi connectivity index (χ4v) is 1.63. The number of hydrogen-bond acceptors (Lipinski definition) is 4. The number of Topliss-reactive ketones (excluding diaryl/α,β-unsaturated/α-hetero) is 1. The number of carbonyl (C=O) groups excluding carboxylic acids is 1. The maximum Gasteiger partial charge on any atom is 0.191 e. The Morgan fingerprint density at radius 1 is 1.18 bits per heavy atom. The Balaban J connectivity index is 3.03. The van der Waals surface area contributed by atoms with Crippen LogP contribution in [0.2, 0.25) is 0 Å². The number of carbonyl (C=O) groups is 1. The van der Waals surface area contributed by atoms with Gasteiger partial charge < -0.3 is 14.2 Å². The lowest BCUT2D eigenvalue weighted by atomic mass is 10.0. The van der Waals surface area contributed by atoms with Crippen LogP contribution in [0.5, 0.6) is 11.5 Å². The van der Waals surface area contributed by atoms with Gasteiger partial charge in [0.1, 0.15) is 6.10 Å². The molecule has 94 valence electrons. The summed E-state index contributed by atoms with van der Waals surface area (Å²) >= 11 is 0. The molecule has 0 fully saturated rings. The van der Waals surface area contributed by atoms with E-state index in [-0.39, 0.29) is 5.78 Å². The molecule has 0 aromatic heterocycles. The van der Waals surface area contributed by atoms with E-state index in [9.17, 15) is 4.79 Å². The van der Waals surface area contributed by atoms with Crippen LogP contribution in [0.1, 0.15) is 23.7 Å². The lowest BCUT2D eigenvalue weighted by Crippen LogP contribution is -2.22. The molecular formula is C13H18O4. The fraction of sp³-hybridized carbons (Fsp3) is 0.462. The molecule has 0 saturated carbocycles. The predicted octanol–water partition coefficient (Wildman–Crippen LogP) is 2.31. The second kappa shape index (κ2) is 6.25. The topological polar surface area (TPSA) is 44.8 Å². The predicted molar refractivity (Wildman–Crippen MR) is 65.0 cm³/mol. The highest BCUT2D eigenvalue weighted by atomic mass is 16.5. The normalized spacial score (nSPS) is 12.0. The molecular weight excluding hydrogens is 220 g/mol. The number of rotatable bonds is 6. The SMILES string of the molecule is CCC(OC)C(=O)c1ccc(OC)c(OC)c1. The van der Waals surface area contributed by atoms with Crippen LogP contribution in [0.25, 0.3) is 0 Å². The van der Waals surface area contributed by atoms with Gasteiger partial charge in [0.2, 0.25) is 0 Å². The molecule has 0 aliphatic heterocycles. The molecule has 1 aromatic carbocycles. The van der Waals surface area contributed by atoms with Gasteiger partial charge >= 0.3 is 0 Å². The molecule has 0 spiro atoms. The summed E-state index contributed by atoms with van der Waals surface area (Å²) < 4.78 is 15.4. The first-order chi connectivity index (χ1) is 8.17. The van der Waals surface area contributed by atoms with Gasteiger partial charge in [-0.1, -0.05) is 6.92 Å². The first-order valence-corrected chi connectivity index (χ1v) is 5.46. The zero-order valence-corrected chi connectivity index (χ0v) is 10.6. The van der Waals surface area contributed by atoms with Gasteiger partial charge in [-0.3, -0.25) is 4.79 Å². The van der Waals surface area contributed by atoms with Gasteiger partial charge in [-0.2, -0.15) is 0 Å². The van der Waals surface area contributed by atoms with Crippen molar-refractivity contribution in [3.63, 3.8) is 0 Å². The van der Waals surface area contributed by atoms with Crippen molar-refractivity contribution >= 4 is 5.78 Å². The Morgan fingerprint density at radius 3 is 2.29 bits per heavy atom. The maximum atomic E-state index is 12.1. The summed E-state index contributed by atoms with van der Waals surface area (Å²) in [5, 5.41) is 0. The van der Waals surface area contributed by atoms with E-state index in [0.29, 0.717) is 23.5 Å². The van der Waals surface area contributed by atoms with Crippen molar-refractivity contribution in [1.82, 2.24) is 0 Å². The van der Waals surface area contributed by atoms with Crippen molar-refractivity contribution in [2.24, 2.45) is 0 Å². The van der Waals surface area contributed by atoms with Crippen LogP contribution in [0.4, 0.5) is 0 Å². The molecule has 1 aromatic rings. The quantitative estimate of drug-likeness (QED) is 0.713. The molecule has 0 bridgehead atoms. The van der Waals surface area contributed by atoms with Gasteiger partial charge in [0.15, 0.2) is 17.3 Å². The van der Waals surface area contributed by atoms with Gasteiger partial charge in [0.05, 0.1) is 14.2 Å². The minimum atomic E-state index is -0.409. The summed E-state index contributed by atoms with van der Waals surface area (Å²) in [4.78, 5) is 12.1. The zero-order valence-electron chi connectivity index (χ0n) is 10.6. The number of methoxy groups -OCH3 is 3. The minimum Gasteiger partial charge on any atom is -0.493 e. The second-order valence-electron chi connectivity index (χ2n) is 3.57. The maximum absolute atomic E-state index is 12.1. The molecule has 4 heteroatoms. The van der Waals surface area contributed by atoms with Crippen LogP contribution < -0.4 is 9.47 Å². The lowest BCUT2D eigenvalue weighted by molar-refractivity contribution is 0.0595. The van der Waals surface area contributed by atoms with Crippen molar-refractivity contribution in [2.45, 2.75) is 19.4 Å². The van der Waals surface area contributed by atoms with Gasteiger partial charge in [0, 0.05) is 12.7 Å². The highest BCUT2D eigenvalue weighted by Crippen LogP contribution is 2.28. The summed E-state index contributed by atoms with van der Waals surface area (Å²) in [5.41, 5.74) is 0.566. The Kier molecular flexibility index (Phi) is 4.97. The van der Waals surface area contributed by atoms with Gasteiger partial charge in [0.25, 0.3) is 0 Å². The third kappa shape index (κ3) is 2.97. The average Bonchev–Trinajstić information content (AvgIpc) is 2.39. The molecule has 0 aliphatic rings. The molecule has 0 aliphatic carbocycles.